The zero-order valence-corrected chi connectivity index (χ0v) is 8.53. The Hall–Kier alpha value is -1.81. The van der Waals surface area contributed by atoms with Gasteiger partial charge >= 0.3 is 0 Å². The summed E-state index contributed by atoms with van der Waals surface area (Å²) in [5, 5.41) is 7.99. The van der Waals surface area contributed by atoms with Crippen molar-refractivity contribution in [3.63, 3.8) is 0 Å². The third-order valence-corrected chi connectivity index (χ3v) is 1.62. The molecule has 0 radical (unpaired) electrons. The first-order chi connectivity index (χ1) is 6.74. The fourth-order valence-corrected chi connectivity index (χ4v) is 0.668. The second kappa shape index (κ2) is 7.82. The standard InChI is InChI=1S/C8H8.C5H7N/c1-2-8-6-4-3-5-7-8;1-3-5(2)4-6/h2-7H,1H2;2-3H2,1H3. The van der Waals surface area contributed by atoms with E-state index < -0.39 is 0 Å². The van der Waals surface area contributed by atoms with Gasteiger partial charge < -0.3 is 0 Å². The minimum absolute atomic E-state index is 0.648. The number of nitriles is 1. The number of hydrogen-bond donors (Lipinski definition) is 0. The van der Waals surface area contributed by atoms with Crippen LogP contribution in [0.1, 0.15) is 18.9 Å². The van der Waals surface area contributed by atoms with Crippen LogP contribution >= 0.6 is 0 Å². The lowest BCUT2D eigenvalue weighted by Gasteiger charge is -1.85. The molecule has 0 heterocycles. The van der Waals surface area contributed by atoms with E-state index in [9.17, 15) is 0 Å². The summed E-state index contributed by atoms with van der Waals surface area (Å²) < 4.78 is 0. The van der Waals surface area contributed by atoms with E-state index in [1.807, 2.05) is 49.4 Å². The van der Waals surface area contributed by atoms with Crippen molar-refractivity contribution in [1.29, 1.82) is 5.26 Å². The summed E-state index contributed by atoms with van der Waals surface area (Å²) in [4.78, 5) is 0. The molecule has 0 N–H and O–H groups in total. The summed E-state index contributed by atoms with van der Waals surface area (Å²) in [5.41, 5.74) is 1.82. The molecule has 0 aliphatic heterocycles. The van der Waals surface area contributed by atoms with Crippen LogP contribution in [-0.2, 0) is 0 Å². The molecule has 0 atom stereocenters. The van der Waals surface area contributed by atoms with Gasteiger partial charge in [-0.3, -0.25) is 0 Å². The van der Waals surface area contributed by atoms with E-state index >= 15 is 0 Å². The first-order valence-corrected chi connectivity index (χ1v) is 4.50. The van der Waals surface area contributed by atoms with Crippen LogP contribution in [0.5, 0.6) is 0 Å². The van der Waals surface area contributed by atoms with E-state index in [0.717, 1.165) is 6.42 Å². The molecule has 0 saturated carbocycles. The second-order valence-corrected chi connectivity index (χ2v) is 2.68. The Morgan fingerprint density at radius 1 is 1.43 bits per heavy atom. The average molecular weight is 185 g/mol. The highest BCUT2D eigenvalue weighted by Crippen LogP contribution is 1.97. The highest BCUT2D eigenvalue weighted by Gasteiger charge is 1.77. The molecule has 0 saturated heterocycles. The van der Waals surface area contributed by atoms with E-state index in [-0.39, 0.29) is 0 Å². The van der Waals surface area contributed by atoms with Gasteiger partial charge in [-0.1, -0.05) is 56.5 Å². The molecule has 1 aromatic rings. The third-order valence-electron chi connectivity index (χ3n) is 1.62. The predicted octanol–water partition coefficient (Wildman–Crippen LogP) is 3.81. The van der Waals surface area contributed by atoms with Crippen molar-refractivity contribution < 1.29 is 0 Å². The third kappa shape index (κ3) is 5.79. The molecule has 0 unspecified atom stereocenters. The molecule has 0 aliphatic carbocycles. The van der Waals surface area contributed by atoms with Crippen molar-refractivity contribution in [1.82, 2.24) is 0 Å². The molecule has 0 amide bonds. The van der Waals surface area contributed by atoms with Crippen molar-refractivity contribution in [3.05, 3.63) is 54.6 Å². The van der Waals surface area contributed by atoms with Crippen LogP contribution in [-0.4, -0.2) is 0 Å². The van der Waals surface area contributed by atoms with Gasteiger partial charge in [-0.15, -0.1) is 0 Å². The SMILES string of the molecule is C=C(C#N)CC.C=Cc1ccccc1. The normalized spacial score (nSPS) is 7.71. The first-order valence-electron chi connectivity index (χ1n) is 4.50. The van der Waals surface area contributed by atoms with Crippen molar-refractivity contribution in [2.75, 3.05) is 0 Å². The molecule has 0 fully saturated rings. The zero-order valence-electron chi connectivity index (χ0n) is 8.53. The number of hydrogen-bond acceptors (Lipinski definition) is 1. The molecule has 14 heavy (non-hydrogen) atoms. The van der Waals surface area contributed by atoms with E-state index in [1.54, 1.807) is 0 Å². The first kappa shape index (κ1) is 12.2. The van der Waals surface area contributed by atoms with Crippen molar-refractivity contribution in [3.8, 4) is 6.07 Å². The molecule has 1 rings (SSSR count). The van der Waals surface area contributed by atoms with Crippen LogP contribution in [0.4, 0.5) is 0 Å². The van der Waals surface area contributed by atoms with Gasteiger partial charge in [0.05, 0.1) is 6.07 Å². The Kier molecular flexibility index (Phi) is 6.81. The Bertz CT molecular complexity index is 317. The predicted molar refractivity (Wildman–Crippen MR) is 61.6 cm³/mol. The van der Waals surface area contributed by atoms with Gasteiger partial charge in [-0.25, -0.2) is 0 Å². The number of rotatable bonds is 2. The molecular weight excluding hydrogens is 170 g/mol. The van der Waals surface area contributed by atoms with Gasteiger partial charge in [0.2, 0.25) is 0 Å². The zero-order chi connectivity index (χ0) is 10.8. The Balaban J connectivity index is 0.000000255. The summed E-state index contributed by atoms with van der Waals surface area (Å²) in [6.07, 6.45) is 2.61. The molecule has 0 aromatic heterocycles. The maximum Gasteiger partial charge on any atom is 0.0940 e. The van der Waals surface area contributed by atoms with E-state index in [0.29, 0.717) is 5.57 Å². The fourth-order valence-electron chi connectivity index (χ4n) is 0.668. The van der Waals surface area contributed by atoms with E-state index in [4.69, 9.17) is 5.26 Å². The monoisotopic (exact) mass is 185 g/mol. The maximum absolute atomic E-state index is 7.99. The minimum Gasteiger partial charge on any atom is -0.193 e. The van der Waals surface area contributed by atoms with Gasteiger partial charge in [0.15, 0.2) is 0 Å². The summed E-state index contributed by atoms with van der Waals surface area (Å²) in [6.45, 7) is 8.97. The molecule has 1 nitrogen and oxygen atoms in total. The van der Waals surface area contributed by atoms with Gasteiger partial charge in [0.1, 0.15) is 0 Å². The van der Waals surface area contributed by atoms with Crippen LogP contribution in [0, 0.1) is 11.3 Å². The molecule has 0 spiro atoms. The van der Waals surface area contributed by atoms with Crippen LogP contribution in [0.3, 0.4) is 0 Å². The second-order valence-electron chi connectivity index (χ2n) is 2.68. The number of allylic oxidation sites excluding steroid dienone is 1. The number of nitrogens with zero attached hydrogens (tertiary/aromatic N) is 1. The van der Waals surface area contributed by atoms with E-state index in [2.05, 4.69) is 13.2 Å². The molecule has 0 aliphatic rings. The summed E-state index contributed by atoms with van der Waals surface area (Å²) >= 11 is 0. The van der Waals surface area contributed by atoms with Gasteiger partial charge in [-0.05, 0) is 12.0 Å². The number of benzene rings is 1. The van der Waals surface area contributed by atoms with Crippen LogP contribution in [0.2, 0.25) is 0 Å². The van der Waals surface area contributed by atoms with Crippen LogP contribution in [0.25, 0.3) is 6.08 Å². The fraction of sp³-hybridized carbons (Fsp3) is 0.154. The average Bonchev–Trinajstić information content (AvgIpc) is 2.30. The molecule has 1 aromatic carbocycles. The van der Waals surface area contributed by atoms with Gasteiger partial charge in [0, 0.05) is 5.57 Å². The van der Waals surface area contributed by atoms with Gasteiger partial charge in [-0.2, -0.15) is 5.26 Å². The summed E-state index contributed by atoms with van der Waals surface area (Å²) in [6, 6.07) is 11.9. The highest BCUT2D eigenvalue weighted by molar-refractivity contribution is 5.45. The largest absolute Gasteiger partial charge is 0.193 e. The van der Waals surface area contributed by atoms with Crippen LogP contribution in [0.15, 0.2) is 49.1 Å². The maximum atomic E-state index is 7.99. The lowest BCUT2D eigenvalue weighted by atomic mass is 10.2. The van der Waals surface area contributed by atoms with Gasteiger partial charge in [0.25, 0.3) is 0 Å². The molecule has 0 bridgehead atoms. The topological polar surface area (TPSA) is 23.8 Å². The van der Waals surface area contributed by atoms with Crippen molar-refractivity contribution in [2.45, 2.75) is 13.3 Å². The summed E-state index contributed by atoms with van der Waals surface area (Å²) in [5.74, 6) is 0. The Labute approximate surface area is 86.0 Å². The quantitative estimate of drug-likeness (QED) is 0.643. The van der Waals surface area contributed by atoms with Crippen LogP contribution < -0.4 is 0 Å². The lowest BCUT2D eigenvalue weighted by molar-refractivity contribution is 1.16. The Morgan fingerprint density at radius 3 is 2.21 bits per heavy atom. The Morgan fingerprint density at radius 2 is 2.00 bits per heavy atom. The smallest absolute Gasteiger partial charge is 0.0940 e. The molecule has 72 valence electrons. The lowest BCUT2D eigenvalue weighted by Crippen LogP contribution is -1.64. The highest BCUT2D eigenvalue weighted by atomic mass is 14.2. The minimum atomic E-state index is 0.648. The molecule has 1 heteroatoms. The van der Waals surface area contributed by atoms with E-state index in [1.165, 1.54) is 5.56 Å². The van der Waals surface area contributed by atoms with Crippen molar-refractivity contribution in [2.24, 2.45) is 0 Å². The summed E-state index contributed by atoms with van der Waals surface area (Å²) in [7, 11) is 0. The van der Waals surface area contributed by atoms with Crippen molar-refractivity contribution >= 4 is 6.08 Å². The molecular formula is C13H15N.